The lowest BCUT2D eigenvalue weighted by Crippen LogP contribution is -2.38. The van der Waals surface area contributed by atoms with Crippen LogP contribution in [0.3, 0.4) is 0 Å². The standard InChI is InChI=1S/C20H18ClN3O2/c21-15-7-4-8-16(11-15)26-13-19(25)24-10-9-18-17(12-24)20(23-22-18)14-5-2-1-3-6-14/h1-8,11H,9-10,12-13H2,(H,22,23). The van der Waals surface area contributed by atoms with Crippen LogP contribution in [0, 0.1) is 0 Å². The number of aromatic amines is 1. The Balaban J connectivity index is 1.46. The van der Waals surface area contributed by atoms with Crippen LogP contribution in [0.5, 0.6) is 5.75 Å². The summed E-state index contributed by atoms with van der Waals surface area (Å²) in [5.41, 5.74) is 4.14. The average molecular weight is 368 g/mol. The van der Waals surface area contributed by atoms with Crippen LogP contribution in [0.15, 0.2) is 54.6 Å². The van der Waals surface area contributed by atoms with Crippen LogP contribution in [0.2, 0.25) is 5.02 Å². The lowest BCUT2D eigenvalue weighted by Gasteiger charge is -2.27. The van der Waals surface area contributed by atoms with Gasteiger partial charge in [-0.05, 0) is 18.2 Å². The molecule has 1 N–H and O–H groups in total. The molecule has 4 rings (SSSR count). The molecule has 0 unspecified atom stereocenters. The number of H-pyrrole nitrogens is 1. The van der Waals surface area contributed by atoms with E-state index < -0.39 is 0 Å². The second kappa shape index (κ2) is 7.22. The van der Waals surface area contributed by atoms with Gasteiger partial charge in [-0.1, -0.05) is 48.0 Å². The van der Waals surface area contributed by atoms with E-state index in [1.54, 1.807) is 24.3 Å². The van der Waals surface area contributed by atoms with Crippen LogP contribution in [0.4, 0.5) is 0 Å². The van der Waals surface area contributed by atoms with Gasteiger partial charge >= 0.3 is 0 Å². The van der Waals surface area contributed by atoms with Gasteiger partial charge in [0, 0.05) is 41.4 Å². The fourth-order valence-corrected chi connectivity index (χ4v) is 3.32. The summed E-state index contributed by atoms with van der Waals surface area (Å²) < 4.78 is 5.59. The molecule has 0 atom stereocenters. The first kappa shape index (κ1) is 16.7. The van der Waals surface area contributed by atoms with Crippen molar-refractivity contribution in [2.24, 2.45) is 0 Å². The zero-order valence-electron chi connectivity index (χ0n) is 14.1. The highest BCUT2D eigenvalue weighted by Gasteiger charge is 2.25. The fraction of sp³-hybridized carbons (Fsp3) is 0.200. The van der Waals surface area contributed by atoms with Gasteiger partial charge in [-0.15, -0.1) is 0 Å². The summed E-state index contributed by atoms with van der Waals surface area (Å²) in [6.45, 7) is 1.18. The monoisotopic (exact) mass is 367 g/mol. The number of carbonyl (C=O) groups is 1. The average Bonchev–Trinajstić information content (AvgIpc) is 3.10. The maximum atomic E-state index is 12.6. The number of benzene rings is 2. The Bertz CT molecular complexity index is 924. The predicted molar refractivity (Wildman–Crippen MR) is 100 cm³/mol. The summed E-state index contributed by atoms with van der Waals surface area (Å²) in [5, 5.41) is 8.16. The Hall–Kier alpha value is -2.79. The van der Waals surface area contributed by atoms with E-state index in [1.807, 2.05) is 35.2 Å². The predicted octanol–water partition coefficient (Wildman–Crippen LogP) is 3.69. The minimum atomic E-state index is -0.0455. The van der Waals surface area contributed by atoms with E-state index in [1.165, 1.54) is 0 Å². The van der Waals surface area contributed by atoms with Crippen molar-refractivity contribution in [1.82, 2.24) is 15.1 Å². The van der Waals surface area contributed by atoms with Crippen molar-refractivity contribution in [3.63, 3.8) is 0 Å². The van der Waals surface area contributed by atoms with E-state index in [-0.39, 0.29) is 12.5 Å². The number of fused-ring (bicyclic) bond motifs is 1. The van der Waals surface area contributed by atoms with Crippen molar-refractivity contribution in [1.29, 1.82) is 0 Å². The number of nitrogens with one attached hydrogen (secondary N) is 1. The SMILES string of the molecule is O=C(COc1cccc(Cl)c1)N1CCc2[nH]nc(-c3ccccc3)c2C1. The van der Waals surface area contributed by atoms with Gasteiger partial charge in [0.05, 0.1) is 5.69 Å². The lowest BCUT2D eigenvalue weighted by atomic mass is 10.0. The second-order valence-corrected chi connectivity index (χ2v) is 6.64. The number of halogens is 1. The number of ether oxygens (including phenoxy) is 1. The van der Waals surface area contributed by atoms with Gasteiger partial charge in [0.1, 0.15) is 5.75 Å². The first-order valence-electron chi connectivity index (χ1n) is 8.48. The highest BCUT2D eigenvalue weighted by Crippen LogP contribution is 2.28. The van der Waals surface area contributed by atoms with Gasteiger partial charge in [-0.2, -0.15) is 5.10 Å². The van der Waals surface area contributed by atoms with Crippen molar-refractivity contribution in [2.45, 2.75) is 13.0 Å². The summed E-state index contributed by atoms with van der Waals surface area (Å²) in [4.78, 5) is 14.4. The van der Waals surface area contributed by atoms with Gasteiger partial charge < -0.3 is 9.64 Å². The molecule has 132 valence electrons. The molecule has 1 aliphatic rings. The molecular weight excluding hydrogens is 350 g/mol. The van der Waals surface area contributed by atoms with Gasteiger partial charge in [0.15, 0.2) is 6.61 Å². The molecule has 5 nitrogen and oxygen atoms in total. The number of hydrogen-bond donors (Lipinski definition) is 1. The number of rotatable bonds is 4. The van der Waals surface area contributed by atoms with Crippen LogP contribution < -0.4 is 4.74 Å². The third-order valence-electron chi connectivity index (χ3n) is 4.49. The Morgan fingerprint density at radius 3 is 2.85 bits per heavy atom. The highest BCUT2D eigenvalue weighted by molar-refractivity contribution is 6.30. The van der Waals surface area contributed by atoms with E-state index >= 15 is 0 Å². The first-order valence-corrected chi connectivity index (χ1v) is 8.86. The summed E-state index contributed by atoms with van der Waals surface area (Å²) in [5.74, 6) is 0.549. The van der Waals surface area contributed by atoms with Gasteiger partial charge in [0.2, 0.25) is 0 Å². The first-order chi connectivity index (χ1) is 12.7. The van der Waals surface area contributed by atoms with Crippen LogP contribution in [0.25, 0.3) is 11.3 Å². The Morgan fingerprint density at radius 2 is 2.04 bits per heavy atom. The third kappa shape index (κ3) is 3.44. The van der Waals surface area contributed by atoms with Crippen molar-refractivity contribution in [3.8, 4) is 17.0 Å². The largest absolute Gasteiger partial charge is 0.484 e. The maximum Gasteiger partial charge on any atom is 0.260 e. The van der Waals surface area contributed by atoms with Gasteiger partial charge in [-0.25, -0.2) is 0 Å². The molecule has 1 amide bonds. The molecule has 2 heterocycles. The minimum absolute atomic E-state index is 0.00576. The number of carbonyl (C=O) groups excluding carboxylic acids is 1. The third-order valence-corrected chi connectivity index (χ3v) is 4.73. The zero-order valence-corrected chi connectivity index (χ0v) is 14.9. The van der Waals surface area contributed by atoms with E-state index in [9.17, 15) is 4.79 Å². The lowest BCUT2D eigenvalue weighted by molar-refractivity contribution is -0.134. The molecular formula is C20H18ClN3O2. The molecule has 0 saturated carbocycles. The molecule has 0 aliphatic carbocycles. The van der Waals surface area contributed by atoms with Crippen molar-refractivity contribution < 1.29 is 9.53 Å². The summed E-state index contributed by atoms with van der Waals surface area (Å²) in [6, 6.07) is 17.1. The molecule has 0 bridgehead atoms. The van der Waals surface area contributed by atoms with E-state index in [2.05, 4.69) is 10.2 Å². The minimum Gasteiger partial charge on any atom is -0.484 e. The number of aromatic nitrogens is 2. The van der Waals surface area contributed by atoms with Crippen LogP contribution >= 0.6 is 11.6 Å². The van der Waals surface area contributed by atoms with Crippen LogP contribution in [-0.2, 0) is 17.8 Å². The molecule has 3 aromatic rings. The topological polar surface area (TPSA) is 58.2 Å². The van der Waals surface area contributed by atoms with Crippen molar-refractivity contribution in [2.75, 3.05) is 13.2 Å². The molecule has 1 aromatic heterocycles. The van der Waals surface area contributed by atoms with Crippen LogP contribution in [0.1, 0.15) is 11.3 Å². The Kier molecular flexibility index (Phi) is 4.63. The van der Waals surface area contributed by atoms with Gasteiger partial charge in [0.25, 0.3) is 5.91 Å². The summed E-state index contributed by atoms with van der Waals surface area (Å²) in [6.07, 6.45) is 0.762. The highest BCUT2D eigenvalue weighted by atomic mass is 35.5. The summed E-state index contributed by atoms with van der Waals surface area (Å²) in [7, 11) is 0. The zero-order chi connectivity index (χ0) is 17.9. The smallest absolute Gasteiger partial charge is 0.260 e. The fourth-order valence-electron chi connectivity index (χ4n) is 3.14. The molecule has 0 spiro atoms. The van der Waals surface area contributed by atoms with Gasteiger partial charge in [-0.3, -0.25) is 9.89 Å². The molecule has 2 aromatic carbocycles. The number of nitrogens with zero attached hydrogens (tertiary/aromatic N) is 2. The quantitative estimate of drug-likeness (QED) is 0.765. The molecule has 6 heteroatoms. The molecule has 0 radical (unpaired) electrons. The second-order valence-electron chi connectivity index (χ2n) is 6.21. The summed E-state index contributed by atoms with van der Waals surface area (Å²) >= 11 is 5.94. The normalized spacial score (nSPS) is 13.3. The van der Waals surface area contributed by atoms with Crippen LogP contribution in [-0.4, -0.2) is 34.2 Å². The molecule has 1 aliphatic heterocycles. The molecule has 0 saturated heterocycles. The molecule has 26 heavy (non-hydrogen) atoms. The number of hydrogen-bond acceptors (Lipinski definition) is 3. The van der Waals surface area contributed by atoms with Crippen molar-refractivity contribution >= 4 is 17.5 Å². The Labute approximate surface area is 156 Å². The van der Waals surface area contributed by atoms with E-state index in [4.69, 9.17) is 16.3 Å². The Morgan fingerprint density at radius 1 is 1.19 bits per heavy atom. The van der Waals surface area contributed by atoms with Crippen molar-refractivity contribution in [3.05, 3.63) is 70.9 Å². The van der Waals surface area contributed by atoms with E-state index in [0.29, 0.717) is 23.9 Å². The molecule has 0 fully saturated rings. The number of amides is 1. The maximum absolute atomic E-state index is 12.6. The van der Waals surface area contributed by atoms with E-state index in [0.717, 1.165) is 28.9 Å².